The van der Waals surface area contributed by atoms with Crippen molar-refractivity contribution in [2.75, 3.05) is 0 Å². The van der Waals surface area contributed by atoms with E-state index in [0.29, 0.717) is 28.9 Å². The fraction of sp³-hybridized carbons (Fsp3) is 0.286. The van der Waals surface area contributed by atoms with Gasteiger partial charge in [0.15, 0.2) is 0 Å². The summed E-state index contributed by atoms with van der Waals surface area (Å²) in [6.07, 6.45) is 0.780. The van der Waals surface area contributed by atoms with Crippen LogP contribution in [0.5, 0.6) is 0 Å². The predicted octanol–water partition coefficient (Wildman–Crippen LogP) is 3.04. The Labute approximate surface area is 160 Å². The molecule has 28 heavy (non-hydrogen) atoms. The van der Waals surface area contributed by atoms with E-state index in [9.17, 15) is 14.0 Å². The second-order valence-corrected chi connectivity index (χ2v) is 7.32. The van der Waals surface area contributed by atoms with E-state index in [1.807, 2.05) is 0 Å². The lowest BCUT2D eigenvalue weighted by molar-refractivity contribution is 0.511. The molecule has 0 spiro atoms. The summed E-state index contributed by atoms with van der Waals surface area (Å²) in [6.45, 7) is 4.61. The second kappa shape index (κ2) is 7.07. The largest absolute Gasteiger partial charge is 0.352 e. The van der Waals surface area contributed by atoms with Gasteiger partial charge in [-0.25, -0.2) is 18.3 Å². The van der Waals surface area contributed by atoms with Gasteiger partial charge in [0.2, 0.25) is 5.78 Å². The molecule has 0 aliphatic heterocycles. The molecule has 2 aromatic carbocycles. The third kappa shape index (κ3) is 3.02. The molecule has 0 atom stereocenters. The van der Waals surface area contributed by atoms with Gasteiger partial charge in [0.1, 0.15) is 5.82 Å². The third-order valence-electron chi connectivity index (χ3n) is 4.89. The van der Waals surface area contributed by atoms with Gasteiger partial charge in [-0.05, 0) is 30.5 Å². The van der Waals surface area contributed by atoms with Gasteiger partial charge in [0.05, 0.1) is 17.4 Å². The van der Waals surface area contributed by atoms with Crippen LogP contribution < -0.4 is 11.2 Å². The SMILES string of the molecule is CC(C)CCn1c(=O)c2ccccc2n2c(=O)n(Cc3ccccc3F)nc12. The number of halogens is 1. The molecule has 2 aromatic heterocycles. The number of fused-ring (bicyclic) bond motifs is 3. The Morgan fingerprint density at radius 3 is 2.50 bits per heavy atom. The minimum absolute atomic E-state index is 0.000114. The van der Waals surface area contributed by atoms with E-state index in [1.54, 1.807) is 47.0 Å². The van der Waals surface area contributed by atoms with Crippen LogP contribution in [0.15, 0.2) is 58.1 Å². The number of benzene rings is 2. The van der Waals surface area contributed by atoms with E-state index in [2.05, 4.69) is 18.9 Å². The van der Waals surface area contributed by atoms with Gasteiger partial charge < -0.3 is 0 Å². The lowest BCUT2D eigenvalue weighted by Crippen LogP contribution is -2.27. The molecule has 144 valence electrons. The molecule has 0 saturated carbocycles. The van der Waals surface area contributed by atoms with E-state index in [-0.39, 0.29) is 17.9 Å². The fourth-order valence-electron chi connectivity index (χ4n) is 3.35. The maximum atomic E-state index is 14.1. The van der Waals surface area contributed by atoms with E-state index in [0.717, 1.165) is 6.42 Å². The van der Waals surface area contributed by atoms with E-state index >= 15 is 0 Å². The van der Waals surface area contributed by atoms with Crippen LogP contribution in [-0.2, 0) is 13.1 Å². The summed E-state index contributed by atoms with van der Waals surface area (Å²) < 4.78 is 18.3. The molecule has 2 heterocycles. The molecule has 0 bridgehead atoms. The first kappa shape index (κ1) is 18.2. The zero-order valence-electron chi connectivity index (χ0n) is 15.8. The monoisotopic (exact) mass is 380 g/mol. The van der Waals surface area contributed by atoms with Gasteiger partial charge in [0.25, 0.3) is 5.56 Å². The average Bonchev–Trinajstić information content (AvgIpc) is 2.99. The molecule has 0 radical (unpaired) electrons. The molecular weight excluding hydrogens is 359 g/mol. The number of aryl methyl sites for hydroxylation is 1. The molecule has 7 heteroatoms. The Bertz CT molecular complexity index is 1280. The van der Waals surface area contributed by atoms with E-state index in [4.69, 9.17) is 0 Å². The van der Waals surface area contributed by atoms with Crippen LogP contribution >= 0.6 is 0 Å². The number of nitrogens with zero attached hydrogens (tertiary/aromatic N) is 4. The van der Waals surface area contributed by atoms with Crippen molar-refractivity contribution in [2.24, 2.45) is 5.92 Å². The molecule has 6 nitrogen and oxygen atoms in total. The minimum Gasteiger partial charge on any atom is -0.276 e. The van der Waals surface area contributed by atoms with Crippen molar-refractivity contribution in [3.05, 3.63) is 80.7 Å². The lowest BCUT2D eigenvalue weighted by atomic mass is 10.1. The summed E-state index contributed by atoms with van der Waals surface area (Å²) in [4.78, 5) is 26.1. The quantitative estimate of drug-likeness (QED) is 0.535. The highest BCUT2D eigenvalue weighted by molar-refractivity contribution is 5.79. The Balaban J connectivity index is 1.98. The molecule has 0 fully saturated rings. The van der Waals surface area contributed by atoms with E-state index in [1.165, 1.54) is 15.1 Å². The number of aromatic nitrogens is 4. The third-order valence-corrected chi connectivity index (χ3v) is 4.89. The normalized spacial score (nSPS) is 11.7. The van der Waals surface area contributed by atoms with E-state index < -0.39 is 11.5 Å². The van der Waals surface area contributed by atoms with Crippen LogP contribution in [0.4, 0.5) is 4.39 Å². The number of rotatable bonds is 5. The number of para-hydroxylation sites is 1. The number of hydrogen-bond acceptors (Lipinski definition) is 3. The molecule has 0 amide bonds. The highest BCUT2D eigenvalue weighted by Gasteiger charge is 2.18. The first-order valence-electron chi connectivity index (χ1n) is 9.32. The smallest absolute Gasteiger partial charge is 0.276 e. The molecule has 4 rings (SSSR count). The van der Waals surface area contributed by atoms with Crippen molar-refractivity contribution in [1.82, 2.24) is 18.7 Å². The zero-order chi connectivity index (χ0) is 19.8. The van der Waals surface area contributed by atoms with Crippen molar-refractivity contribution in [1.29, 1.82) is 0 Å². The van der Waals surface area contributed by atoms with Gasteiger partial charge in [-0.15, -0.1) is 5.10 Å². The van der Waals surface area contributed by atoms with Gasteiger partial charge in [-0.1, -0.05) is 44.2 Å². The van der Waals surface area contributed by atoms with Crippen LogP contribution in [0.2, 0.25) is 0 Å². The zero-order valence-corrected chi connectivity index (χ0v) is 15.8. The van der Waals surface area contributed by atoms with Crippen molar-refractivity contribution in [3.63, 3.8) is 0 Å². The average molecular weight is 380 g/mol. The molecule has 0 saturated heterocycles. The second-order valence-electron chi connectivity index (χ2n) is 7.32. The maximum absolute atomic E-state index is 14.1. The van der Waals surface area contributed by atoms with Gasteiger partial charge >= 0.3 is 5.69 Å². The Morgan fingerprint density at radius 1 is 1.04 bits per heavy atom. The van der Waals surface area contributed by atoms with Crippen LogP contribution in [0, 0.1) is 11.7 Å². The van der Waals surface area contributed by atoms with Crippen molar-refractivity contribution in [2.45, 2.75) is 33.4 Å². The topological polar surface area (TPSA) is 61.3 Å². The van der Waals surface area contributed by atoms with Crippen LogP contribution in [-0.4, -0.2) is 18.7 Å². The standard InChI is InChI=1S/C21H21FN4O2/c1-14(2)11-12-24-19(27)16-8-4-6-10-18(16)26-20(24)23-25(21(26)28)13-15-7-3-5-9-17(15)22/h3-10,14H,11-13H2,1-2H3. The Kier molecular flexibility index (Phi) is 4.58. The summed E-state index contributed by atoms with van der Waals surface area (Å²) in [5.74, 6) is 0.282. The molecule has 0 unspecified atom stereocenters. The lowest BCUT2D eigenvalue weighted by Gasteiger charge is -2.10. The van der Waals surface area contributed by atoms with Gasteiger partial charge in [0, 0.05) is 12.1 Å². The fourth-order valence-corrected chi connectivity index (χ4v) is 3.35. The maximum Gasteiger partial charge on any atom is 0.352 e. The molecule has 4 aromatic rings. The van der Waals surface area contributed by atoms with Crippen LogP contribution in [0.1, 0.15) is 25.8 Å². The highest BCUT2D eigenvalue weighted by Crippen LogP contribution is 2.13. The first-order valence-corrected chi connectivity index (χ1v) is 9.32. The summed E-state index contributed by atoms with van der Waals surface area (Å²) in [7, 11) is 0. The highest BCUT2D eigenvalue weighted by atomic mass is 19.1. The molecule has 0 aliphatic carbocycles. The van der Waals surface area contributed by atoms with Gasteiger partial charge in [-0.2, -0.15) is 0 Å². The molecule has 0 N–H and O–H groups in total. The molecular formula is C21H21FN4O2. The summed E-state index contributed by atoms with van der Waals surface area (Å²) >= 11 is 0. The number of hydrogen-bond donors (Lipinski definition) is 0. The predicted molar refractivity (Wildman–Crippen MR) is 106 cm³/mol. The molecule has 0 aliphatic rings. The van der Waals surface area contributed by atoms with Crippen LogP contribution in [0.25, 0.3) is 16.7 Å². The minimum atomic E-state index is -0.396. The van der Waals surface area contributed by atoms with Gasteiger partial charge in [-0.3, -0.25) is 9.36 Å². The summed E-state index contributed by atoms with van der Waals surface area (Å²) in [5.41, 5.74) is 0.306. The van der Waals surface area contributed by atoms with Crippen LogP contribution in [0.3, 0.4) is 0 Å². The summed E-state index contributed by atoms with van der Waals surface area (Å²) in [5, 5.41) is 4.87. The van der Waals surface area contributed by atoms with Crippen molar-refractivity contribution < 1.29 is 4.39 Å². The Morgan fingerprint density at radius 2 is 1.75 bits per heavy atom. The first-order chi connectivity index (χ1) is 13.5. The Hall–Kier alpha value is -3.22. The summed E-state index contributed by atoms with van der Waals surface area (Å²) in [6, 6.07) is 13.3. The van der Waals surface area contributed by atoms with Crippen molar-refractivity contribution in [3.8, 4) is 0 Å². The van der Waals surface area contributed by atoms with Crippen molar-refractivity contribution >= 4 is 16.7 Å².